The van der Waals surface area contributed by atoms with Crippen molar-refractivity contribution < 1.29 is 13.0 Å². The molecule has 0 aliphatic carbocycles. The Morgan fingerprint density at radius 3 is 2.26 bits per heavy atom. The summed E-state index contributed by atoms with van der Waals surface area (Å²) in [4.78, 5) is 0. The van der Waals surface area contributed by atoms with E-state index in [0.29, 0.717) is 17.8 Å². The maximum atomic E-state index is 11.5. The third-order valence-electron chi connectivity index (χ3n) is 3.69. The molecule has 4 aromatic rings. The highest BCUT2D eigenvalue weighted by Gasteiger charge is 2.24. The predicted octanol–water partition coefficient (Wildman–Crippen LogP) is 1.98. The van der Waals surface area contributed by atoms with Crippen molar-refractivity contribution in [1.82, 2.24) is 19.2 Å². The van der Waals surface area contributed by atoms with Crippen molar-refractivity contribution in [3.63, 3.8) is 0 Å². The molecule has 2 aromatic heterocycles. The summed E-state index contributed by atoms with van der Waals surface area (Å²) in [5.74, 6) is 0.364. The summed E-state index contributed by atoms with van der Waals surface area (Å²) in [7, 11) is -4.46. The molecule has 4 rings (SSSR count). The molecule has 0 bridgehead atoms. The van der Waals surface area contributed by atoms with Gasteiger partial charge < -0.3 is 4.57 Å². The Morgan fingerprint density at radius 2 is 1.57 bits per heavy atom. The second kappa shape index (κ2) is 4.90. The van der Waals surface area contributed by atoms with Crippen molar-refractivity contribution >= 4 is 26.9 Å². The number of fused-ring (bicyclic) bond motifs is 3. The van der Waals surface area contributed by atoms with Crippen LogP contribution in [0.3, 0.4) is 0 Å². The second-order valence-corrected chi connectivity index (χ2v) is 6.47. The van der Waals surface area contributed by atoms with Crippen molar-refractivity contribution in [1.29, 1.82) is 0 Å². The van der Waals surface area contributed by atoms with E-state index in [1.165, 1.54) is 4.40 Å². The number of benzene rings is 2. The molecule has 0 saturated heterocycles. The molecular formula is C15H12N4O3S. The summed E-state index contributed by atoms with van der Waals surface area (Å²) < 4.78 is 35.7. The molecule has 0 unspecified atom stereocenters. The lowest BCUT2D eigenvalue weighted by Crippen LogP contribution is -2.04. The molecule has 0 saturated carbocycles. The van der Waals surface area contributed by atoms with Crippen LogP contribution in [0, 0.1) is 0 Å². The van der Waals surface area contributed by atoms with Gasteiger partial charge in [0.1, 0.15) is 0 Å². The van der Waals surface area contributed by atoms with Crippen LogP contribution in [0.15, 0.2) is 59.8 Å². The van der Waals surface area contributed by atoms with Gasteiger partial charge in [-0.25, -0.2) is 4.40 Å². The maximum absolute atomic E-state index is 11.5. The van der Waals surface area contributed by atoms with Gasteiger partial charge in [-0.15, -0.1) is 10.2 Å². The number of nitrogens with zero attached hydrogens (tertiary/aromatic N) is 4. The highest BCUT2D eigenvalue weighted by atomic mass is 32.2. The molecule has 7 nitrogen and oxygen atoms in total. The van der Waals surface area contributed by atoms with Crippen LogP contribution in [0.1, 0.15) is 5.56 Å². The molecule has 23 heavy (non-hydrogen) atoms. The van der Waals surface area contributed by atoms with Crippen LogP contribution in [0.4, 0.5) is 0 Å². The number of aromatic nitrogens is 4. The lowest BCUT2D eigenvalue weighted by Gasteiger charge is -2.04. The van der Waals surface area contributed by atoms with Gasteiger partial charge in [0.15, 0.2) is 0 Å². The van der Waals surface area contributed by atoms with Crippen LogP contribution in [0.2, 0.25) is 0 Å². The van der Waals surface area contributed by atoms with E-state index >= 15 is 0 Å². The van der Waals surface area contributed by atoms with E-state index in [-0.39, 0.29) is 0 Å². The minimum absolute atomic E-state index is 0.364. The Morgan fingerprint density at radius 1 is 0.913 bits per heavy atom. The van der Waals surface area contributed by atoms with E-state index < -0.39 is 15.3 Å². The fraction of sp³-hybridized carbons (Fsp3) is 0.0667. The third-order valence-corrected chi connectivity index (χ3v) is 4.41. The van der Waals surface area contributed by atoms with Crippen LogP contribution >= 0.6 is 0 Å². The Bertz CT molecular complexity index is 1110. The summed E-state index contributed by atoms with van der Waals surface area (Å²) in [5.41, 5.74) is 2.48. The van der Waals surface area contributed by atoms with Gasteiger partial charge in [0, 0.05) is 0 Å². The largest absolute Gasteiger partial charge is 0.331 e. The first-order valence-corrected chi connectivity index (χ1v) is 8.33. The van der Waals surface area contributed by atoms with Gasteiger partial charge in [0.25, 0.3) is 5.16 Å². The summed E-state index contributed by atoms with van der Waals surface area (Å²) in [6, 6.07) is 17.1. The molecule has 2 heterocycles. The highest BCUT2D eigenvalue weighted by molar-refractivity contribution is 7.85. The smallest absolute Gasteiger partial charge is 0.304 e. The average Bonchev–Trinajstić information content (AvgIpc) is 3.08. The van der Waals surface area contributed by atoms with Gasteiger partial charge in [-0.2, -0.15) is 8.42 Å². The van der Waals surface area contributed by atoms with Gasteiger partial charge >= 0.3 is 10.1 Å². The lowest BCUT2D eigenvalue weighted by atomic mass is 10.2. The first kappa shape index (κ1) is 13.9. The van der Waals surface area contributed by atoms with Crippen LogP contribution in [0.25, 0.3) is 16.8 Å². The monoisotopic (exact) mass is 328 g/mol. The minimum atomic E-state index is -4.46. The molecule has 0 radical (unpaired) electrons. The molecule has 2 aromatic carbocycles. The number of para-hydroxylation sites is 2. The predicted molar refractivity (Wildman–Crippen MR) is 83.8 cm³/mol. The van der Waals surface area contributed by atoms with E-state index in [1.807, 2.05) is 47.0 Å². The lowest BCUT2D eigenvalue weighted by molar-refractivity contribution is 0.473. The van der Waals surface area contributed by atoms with E-state index in [2.05, 4.69) is 10.2 Å². The van der Waals surface area contributed by atoms with Gasteiger partial charge in [-0.05, 0) is 17.7 Å². The fourth-order valence-electron chi connectivity index (χ4n) is 2.73. The quantitative estimate of drug-likeness (QED) is 0.581. The zero-order chi connectivity index (χ0) is 16.0. The summed E-state index contributed by atoms with van der Waals surface area (Å²) >= 11 is 0. The number of hydrogen-bond acceptors (Lipinski definition) is 4. The molecule has 116 valence electrons. The van der Waals surface area contributed by atoms with Crippen molar-refractivity contribution in [3.8, 4) is 0 Å². The Balaban J connectivity index is 2.05. The number of imidazole rings is 1. The topological polar surface area (TPSA) is 89.5 Å². The van der Waals surface area contributed by atoms with Crippen LogP contribution < -0.4 is 0 Å². The van der Waals surface area contributed by atoms with Crippen molar-refractivity contribution in [2.75, 3.05) is 0 Å². The average molecular weight is 328 g/mol. The Labute approximate surface area is 131 Å². The van der Waals surface area contributed by atoms with Crippen LogP contribution in [-0.2, 0) is 16.7 Å². The molecule has 0 spiro atoms. The summed E-state index contributed by atoms with van der Waals surface area (Å²) in [6.07, 6.45) is 0. The fourth-order valence-corrected chi connectivity index (χ4v) is 3.28. The molecule has 0 aliphatic rings. The number of rotatable bonds is 3. The first-order valence-electron chi connectivity index (χ1n) is 6.89. The first-order chi connectivity index (χ1) is 11.1. The third kappa shape index (κ3) is 2.19. The number of hydrogen-bond donors (Lipinski definition) is 1. The van der Waals surface area contributed by atoms with Crippen molar-refractivity contribution in [3.05, 3.63) is 60.2 Å². The van der Waals surface area contributed by atoms with E-state index in [1.54, 1.807) is 12.1 Å². The molecule has 0 fully saturated rings. The van der Waals surface area contributed by atoms with Gasteiger partial charge in [0.2, 0.25) is 5.78 Å². The molecular weight excluding hydrogens is 316 g/mol. The normalized spacial score (nSPS) is 12.2. The molecule has 0 atom stereocenters. The highest BCUT2D eigenvalue weighted by Crippen LogP contribution is 2.23. The zero-order valence-corrected chi connectivity index (χ0v) is 12.7. The molecule has 1 N–H and O–H groups in total. The van der Waals surface area contributed by atoms with Crippen LogP contribution in [0.5, 0.6) is 0 Å². The molecule has 8 heteroatoms. The maximum Gasteiger partial charge on any atom is 0.331 e. The summed E-state index contributed by atoms with van der Waals surface area (Å²) in [6.45, 7) is 0.515. The van der Waals surface area contributed by atoms with Gasteiger partial charge in [-0.3, -0.25) is 4.55 Å². The van der Waals surface area contributed by atoms with E-state index in [9.17, 15) is 13.0 Å². The summed E-state index contributed by atoms with van der Waals surface area (Å²) in [5, 5.41) is 7.11. The van der Waals surface area contributed by atoms with Crippen molar-refractivity contribution in [2.24, 2.45) is 0 Å². The Hall–Kier alpha value is -2.71. The molecule has 0 aliphatic heterocycles. The zero-order valence-electron chi connectivity index (χ0n) is 11.9. The second-order valence-electron chi connectivity index (χ2n) is 5.15. The van der Waals surface area contributed by atoms with Crippen LogP contribution in [-0.4, -0.2) is 32.1 Å². The van der Waals surface area contributed by atoms with Gasteiger partial charge in [0.05, 0.1) is 17.6 Å². The standard InChI is InChI=1S/C15H12N4O3S/c20-23(21,22)15-17-16-14-18(10-11-6-2-1-3-7-11)12-8-4-5-9-13(12)19(14)15/h1-9H,10H2,(H,20,21,22). The van der Waals surface area contributed by atoms with E-state index in [4.69, 9.17) is 0 Å². The molecule has 0 amide bonds. The van der Waals surface area contributed by atoms with E-state index in [0.717, 1.165) is 11.1 Å². The SMILES string of the molecule is O=S(=O)(O)c1nnc2n(Cc3ccccc3)c3ccccc3n12. The minimum Gasteiger partial charge on any atom is -0.304 e. The van der Waals surface area contributed by atoms with Crippen molar-refractivity contribution in [2.45, 2.75) is 11.7 Å². The van der Waals surface area contributed by atoms with Gasteiger partial charge in [-0.1, -0.05) is 42.5 Å². The Kier molecular flexibility index (Phi) is 2.97.